The molecule has 10 heteroatoms. The first-order chi connectivity index (χ1) is 17.8. The van der Waals surface area contributed by atoms with E-state index in [2.05, 4.69) is 15.6 Å². The Labute approximate surface area is 214 Å². The van der Waals surface area contributed by atoms with E-state index in [9.17, 15) is 22.7 Å². The minimum Gasteiger partial charge on any atom is -0.508 e. The zero-order valence-corrected chi connectivity index (χ0v) is 20.5. The number of amides is 2. The molecule has 37 heavy (non-hydrogen) atoms. The SMILES string of the molecule is O=C(NCc1ccncc1)Nc1ccc(S(=O)(=O)N(Cc2ccc(O)cc2)Cc2ccc(F)cc2)cc1. The van der Waals surface area contributed by atoms with Crippen LogP contribution in [0, 0.1) is 5.82 Å². The molecule has 4 aromatic rings. The second-order valence-electron chi connectivity index (χ2n) is 8.25. The van der Waals surface area contributed by atoms with E-state index in [-0.39, 0.29) is 23.7 Å². The maximum Gasteiger partial charge on any atom is 0.319 e. The topological polar surface area (TPSA) is 112 Å². The molecule has 4 rings (SSSR count). The summed E-state index contributed by atoms with van der Waals surface area (Å²) in [6.07, 6.45) is 3.27. The molecular weight excluding hydrogens is 495 g/mol. The normalized spacial score (nSPS) is 11.3. The minimum absolute atomic E-state index is 0.0148. The molecule has 0 bridgehead atoms. The Kier molecular flexibility index (Phi) is 8.11. The maximum atomic E-state index is 13.6. The average Bonchev–Trinajstić information content (AvgIpc) is 2.90. The van der Waals surface area contributed by atoms with Crippen molar-refractivity contribution in [3.8, 4) is 5.75 Å². The summed E-state index contributed by atoms with van der Waals surface area (Å²) in [6, 6.07) is 20.9. The summed E-state index contributed by atoms with van der Waals surface area (Å²) in [5.74, 6) is -0.339. The van der Waals surface area contributed by atoms with Crippen LogP contribution in [0.15, 0.2) is 102 Å². The number of anilines is 1. The summed E-state index contributed by atoms with van der Waals surface area (Å²) in [5.41, 5.74) is 2.61. The second kappa shape index (κ2) is 11.6. The first-order valence-electron chi connectivity index (χ1n) is 11.4. The molecule has 0 saturated heterocycles. The minimum atomic E-state index is -3.97. The molecule has 0 atom stereocenters. The molecular formula is C27H25FN4O4S. The number of sulfonamides is 1. The summed E-state index contributed by atoms with van der Waals surface area (Å²) in [4.78, 5) is 16.2. The van der Waals surface area contributed by atoms with Crippen LogP contribution in [0.2, 0.25) is 0 Å². The van der Waals surface area contributed by atoms with Crippen molar-refractivity contribution in [3.05, 3.63) is 120 Å². The van der Waals surface area contributed by atoms with E-state index in [1.165, 1.54) is 65.0 Å². The summed E-state index contributed by atoms with van der Waals surface area (Å²) in [7, 11) is -3.97. The number of nitrogens with zero attached hydrogens (tertiary/aromatic N) is 2. The zero-order valence-electron chi connectivity index (χ0n) is 19.7. The Hall–Kier alpha value is -4.28. The van der Waals surface area contributed by atoms with Gasteiger partial charge in [0.2, 0.25) is 10.0 Å². The first-order valence-corrected chi connectivity index (χ1v) is 12.8. The molecule has 2 amide bonds. The quantitative estimate of drug-likeness (QED) is 0.298. The molecule has 3 aromatic carbocycles. The van der Waals surface area contributed by atoms with E-state index in [0.717, 1.165) is 5.56 Å². The molecule has 8 nitrogen and oxygen atoms in total. The fourth-order valence-corrected chi connectivity index (χ4v) is 4.96. The summed E-state index contributed by atoms with van der Waals surface area (Å²) in [5, 5.41) is 15.0. The lowest BCUT2D eigenvalue weighted by Crippen LogP contribution is -2.30. The Morgan fingerprint density at radius 2 is 1.38 bits per heavy atom. The van der Waals surface area contributed by atoms with Gasteiger partial charge in [-0.2, -0.15) is 4.31 Å². The number of pyridine rings is 1. The number of benzene rings is 3. The predicted octanol–water partition coefficient (Wildman–Crippen LogP) is 4.64. The number of aromatic hydroxyl groups is 1. The van der Waals surface area contributed by atoms with Gasteiger partial charge in [0.05, 0.1) is 4.90 Å². The first kappa shape index (κ1) is 25.8. The van der Waals surface area contributed by atoms with Crippen molar-refractivity contribution in [2.24, 2.45) is 0 Å². The third kappa shape index (κ3) is 7.12. The molecule has 0 radical (unpaired) electrons. The predicted molar refractivity (Wildman–Crippen MR) is 137 cm³/mol. The largest absolute Gasteiger partial charge is 0.508 e. The number of carbonyl (C=O) groups is 1. The number of aromatic nitrogens is 1. The average molecular weight is 521 g/mol. The van der Waals surface area contributed by atoms with E-state index in [1.807, 2.05) is 0 Å². The fraction of sp³-hybridized carbons (Fsp3) is 0.111. The van der Waals surface area contributed by atoms with Crippen molar-refractivity contribution in [2.75, 3.05) is 5.32 Å². The van der Waals surface area contributed by atoms with Crippen LogP contribution < -0.4 is 10.6 Å². The highest BCUT2D eigenvalue weighted by Crippen LogP contribution is 2.23. The van der Waals surface area contributed by atoms with Crippen molar-refractivity contribution < 1.29 is 22.7 Å². The lowest BCUT2D eigenvalue weighted by atomic mass is 10.2. The highest BCUT2D eigenvalue weighted by atomic mass is 32.2. The number of phenols is 1. The highest BCUT2D eigenvalue weighted by molar-refractivity contribution is 7.89. The zero-order chi connectivity index (χ0) is 26.3. The van der Waals surface area contributed by atoms with Crippen molar-refractivity contribution in [3.63, 3.8) is 0 Å². The monoisotopic (exact) mass is 520 g/mol. The van der Waals surface area contributed by atoms with Gasteiger partial charge in [-0.3, -0.25) is 4.98 Å². The molecule has 0 aliphatic carbocycles. The van der Waals surface area contributed by atoms with Crippen LogP contribution in [0.3, 0.4) is 0 Å². The van der Waals surface area contributed by atoms with E-state index in [4.69, 9.17) is 0 Å². The molecule has 0 unspecified atom stereocenters. The molecule has 0 saturated carbocycles. The van der Waals surface area contributed by atoms with Gasteiger partial charge >= 0.3 is 6.03 Å². The van der Waals surface area contributed by atoms with Crippen LogP contribution in [0.1, 0.15) is 16.7 Å². The summed E-state index contributed by atoms with van der Waals surface area (Å²) in [6.45, 7) is 0.370. The standard InChI is InChI=1S/C27H25FN4O4S/c28-23-5-1-21(2-6-23)18-32(19-22-3-9-25(33)10-4-22)37(35,36)26-11-7-24(8-12-26)31-27(34)30-17-20-13-15-29-16-14-20/h1-16,33H,17-19H2,(H2,30,31,34). The van der Waals surface area contributed by atoms with Gasteiger partial charge in [0.25, 0.3) is 0 Å². The van der Waals surface area contributed by atoms with Crippen molar-refractivity contribution in [1.82, 2.24) is 14.6 Å². The maximum absolute atomic E-state index is 13.6. The molecule has 190 valence electrons. The van der Waals surface area contributed by atoms with Crippen LogP contribution in [0.4, 0.5) is 14.9 Å². The number of phenolic OH excluding ortho intramolecular Hbond substituents is 1. The van der Waals surface area contributed by atoms with E-state index in [1.54, 1.807) is 36.7 Å². The van der Waals surface area contributed by atoms with Crippen LogP contribution >= 0.6 is 0 Å². The third-order valence-electron chi connectivity index (χ3n) is 5.52. The van der Waals surface area contributed by atoms with Crippen LogP contribution in [0.5, 0.6) is 5.75 Å². The van der Waals surface area contributed by atoms with Crippen LogP contribution in [0.25, 0.3) is 0 Å². The molecule has 0 aliphatic rings. The van der Waals surface area contributed by atoms with Gasteiger partial charge in [0.1, 0.15) is 11.6 Å². The number of hydrogen-bond donors (Lipinski definition) is 3. The molecule has 0 fully saturated rings. The molecule has 1 aromatic heterocycles. The number of carbonyl (C=O) groups excluding carboxylic acids is 1. The van der Waals surface area contributed by atoms with Gasteiger partial charge in [-0.05, 0) is 77.4 Å². The smallest absolute Gasteiger partial charge is 0.319 e. The van der Waals surface area contributed by atoms with E-state index >= 15 is 0 Å². The Balaban J connectivity index is 1.49. The van der Waals surface area contributed by atoms with Crippen molar-refractivity contribution in [2.45, 2.75) is 24.5 Å². The number of hydrogen-bond acceptors (Lipinski definition) is 5. The number of rotatable bonds is 9. The van der Waals surface area contributed by atoms with E-state index in [0.29, 0.717) is 23.4 Å². The molecule has 0 spiro atoms. The lowest BCUT2D eigenvalue weighted by molar-refractivity contribution is 0.251. The van der Waals surface area contributed by atoms with Gasteiger partial charge in [-0.1, -0.05) is 24.3 Å². The molecule has 0 aliphatic heterocycles. The molecule has 1 heterocycles. The summed E-state index contributed by atoms with van der Waals surface area (Å²) >= 11 is 0. The van der Waals surface area contributed by atoms with Gasteiger partial charge in [0.15, 0.2) is 0 Å². The van der Waals surface area contributed by atoms with Gasteiger partial charge in [0, 0.05) is 37.7 Å². The number of halogens is 1. The second-order valence-corrected chi connectivity index (χ2v) is 10.2. The highest BCUT2D eigenvalue weighted by Gasteiger charge is 2.25. The van der Waals surface area contributed by atoms with Crippen molar-refractivity contribution >= 4 is 21.7 Å². The number of urea groups is 1. The van der Waals surface area contributed by atoms with E-state index < -0.39 is 21.9 Å². The fourth-order valence-electron chi connectivity index (χ4n) is 3.54. The number of nitrogens with one attached hydrogen (secondary N) is 2. The van der Waals surface area contributed by atoms with Gasteiger partial charge in [-0.25, -0.2) is 17.6 Å². The Bertz CT molecular complexity index is 1380. The van der Waals surface area contributed by atoms with Crippen LogP contribution in [-0.4, -0.2) is 28.8 Å². The van der Waals surface area contributed by atoms with Gasteiger partial charge < -0.3 is 15.7 Å². The lowest BCUT2D eigenvalue weighted by Gasteiger charge is -2.23. The summed E-state index contributed by atoms with van der Waals surface area (Å²) < 4.78 is 41.8. The van der Waals surface area contributed by atoms with Gasteiger partial charge in [-0.15, -0.1) is 0 Å². The van der Waals surface area contributed by atoms with Crippen molar-refractivity contribution in [1.29, 1.82) is 0 Å². The Morgan fingerprint density at radius 1 is 0.811 bits per heavy atom. The third-order valence-corrected chi connectivity index (χ3v) is 7.33. The molecule has 3 N–H and O–H groups in total. The van der Waals surface area contributed by atoms with Crippen LogP contribution in [-0.2, 0) is 29.7 Å². The Morgan fingerprint density at radius 3 is 1.97 bits per heavy atom.